The van der Waals surface area contributed by atoms with Gasteiger partial charge >= 0.3 is 0 Å². The van der Waals surface area contributed by atoms with Crippen LogP contribution in [0.4, 0.5) is 0 Å². The molecule has 2 unspecified atom stereocenters. The average molecular weight is 418 g/mol. The number of nitriles is 1. The van der Waals surface area contributed by atoms with E-state index in [1.807, 2.05) is 18.2 Å². The zero-order chi connectivity index (χ0) is 21.6. The van der Waals surface area contributed by atoms with Crippen molar-refractivity contribution in [1.29, 1.82) is 5.26 Å². The molecule has 0 spiro atoms. The summed E-state index contributed by atoms with van der Waals surface area (Å²) in [6.07, 6.45) is 6.56. The van der Waals surface area contributed by atoms with Gasteiger partial charge in [-0.05, 0) is 37.0 Å². The predicted molar refractivity (Wildman–Crippen MR) is 120 cm³/mol. The summed E-state index contributed by atoms with van der Waals surface area (Å²) >= 11 is 0. The quantitative estimate of drug-likeness (QED) is 0.747. The number of benzene rings is 2. The van der Waals surface area contributed by atoms with E-state index < -0.39 is 0 Å². The fraction of sp³-hybridized carbons (Fsp3) is 0.462. The molecule has 2 atom stereocenters. The molecule has 1 saturated carbocycles. The lowest BCUT2D eigenvalue weighted by atomic mass is 9.87. The maximum absolute atomic E-state index is 13.4. The van der Waals surface area contributed by atoms with E-state index in [9.17, 15) is 4.79 Å². The van der Waals surface area contributed by atoms with Crippen LogP contribution in [0.25, 0.3) is 0 Å². The number of nitrogens with zero attached hydrogens (tertiary/aromatic N) is 2. The van der Waals surface area contributed by atoms with Gasteiger partial charge in [-0.1, -0.05) is 55.7 Å². The minimum Gasteiger partial charge on any atom is -0.496 e. The van der Waals surface area contributed by atoms with E-state index in [2.05, 4.69) is 40.6 Å². The molecule has 0 aromatic heterocycles. The molecule has 1 heterocycles. The van der Waals surface area contributed by atoms with Gasteiger partial charge in [-0.2, -0.15) is 5.26 Å². The monoisotopic (exact) mass is 417 g/mol. The van der Waals surface area contributed by atoms with Crippen LogP contribution in [-0.2, 0) is 11.3 Å². The molecule has 162 valence electrons. The summed E-state index contributed by atoms with van der Waals surface area (Å²) in [7, 11) is 1.63. The normalized spacial score (nSPS) is 21.6. The van der Waals surface area contributed by atoms with Crippen LogP contribution in [0, 0.1) is 17.2 Å². The lowest BCUT2D eigenvalue weighted by Gasteiger charge is -2.33. The number of carbonyl (C=O) groups excluding carboxylic acids is 1. The lowest BCUT2D eigenvalue weighted by Crippen LogP contribution is -2.41. The molecule has 2 fully saturated rings. The number of carbonyl (C=O) groups is 1. The number of likely N-dealkylation sites (tertiary alicyclic amines) is 1. The van der Waals surface area contributed by atoms with Gasteiger partial charge < -0.3 is 15.0 Å². The Labute approximate surface area is 185 Å². The van der Waals surface area contributed by atoms with Crippen LogP contribution < -0.4 is 10.1 Å². The van der Waals surface area contributed by atoms with E-state index in [1.165, 1.54) is 24.8 Å². The standard InChI is InChI=1S/C26H31N3O2/c1-31-24-16-19(17-27)12-13-22(24)18-28-23-14-15-29(25(23)20-8-4-2-5-9-20)26(30)21-10-6-3-7-11-21/h2,4-5,8-9,12-13,16,21,23,25,28H,3,6-7,10-11,14-15,18H2,1H3. The van der Waals surface area contributed by atoms with Crippen LogP contribution in [0.5, 0.6) is 5.75 Å². The van der Waals surface area contributed by atoms with Crippen molar-refractivity contribution in [2.75, 3.05) is 13.7 Å². The molecule has 1 aliphatic carbocycles. The number of hydrogen-bond acceptors (Lipinski definition) is 4. The molecule has 2 aliphatic rings. The van der Waals surface area contributed by atoms with E-state index in [0.29, 0.717) is 18.0 Å². The fourth-order valence-corrected chi connectivity index (χ4v) is 5.10. The van der Waals surface area contributed by atoms with E-state index in [-0.39, 0.29) is 18.0 Å². The third kappa shape index (κ3) is 4.75. The van der Waals surface area contributed by atoms with Gasteiger partial charge in [0, 0.05) is 30.6 Å². The molecule has 5 heteroatoms. The van der Waals surface area contributed by atoms with Crippen molar-refractivity contribution in [1.82, 2.24) is 10.2 Å². The molecule has 1 saturated heterocycles. The summed E-state index contributed by atoms with van der Waals surface area (Å²) in [5.74, 6) is 1.22. The second-order valence-electron chi connectivity index (χ2n) is 8.64. The van der Waals surface area contributed by atoms with Gasteiger partial charge in [0.05, 0.1) is 24.8 Å². The highest BCUT2D eigenvalue weighted by Crippen LogP contribution is 2.36. The molecule has 1 aliphatic heterocycles. The highest BCUT2D eigenvalue weighted by Gasteiger charge is 2.40. The Balaban J connectivity index is 1.53. The van der Waals surface area contributed by atoms with Gasteiger partial charge in [-0.3, -0.25) is 4.79 Å². The maximum atomic E-state index is 13.4. The SMILES string of the molecule is COc1cc(C#N)ccc1CNC1CCN(C(=O)C2CCCCC2)C1c1ccccc1. The van der Waals surface area contributed by atoms with Crippen molar-refractivity contribution < 1.29 is 9.53 Å². The summed E-state index contributed by atoms with van der Waals surface area (Å²) in [5, 5.41) is 12.8. The molecule has 5 nitrogen and oxygen atoms in total. The summed E-state index contributed by atoms with van der Waals surface area (Å²) in [6, 6.07) is 18.3. The molecule has 0 radical (unpaired) electrons. The zero-order valence-electron chi connectivity index (χ0n) is 18.2. The Bertz CT molecular complexity index is 931. The van der Waals surface area contributed by atoms with Gasteiger partial charge in [0.25, 0.3) is 0 Å². The van der Waals surface area contributed by atoms with Crippen LogP contribution in [0.1, 0.15) is 61.3 Å². The number of amides is 1. The first-order valence-corrected chi connectivity index (χ1v) is 11.4. The number of ether oxygens (including phenoxy) is 1. The van der Waals surface area contributed by atoms with E-state index >= 15 is 0 Å². The van der Waals surface area contributed by atoms with Crippen LogP contribution in [0.3, 0.4) is 0 Å². The third-order valence-electron chi connectivity index (χ3n) is 6.75. The number of nitrogens with one attached hydrogen (secondary N) is 1. The van der Waals surface area contributed by atoms with E-state index in [4.69, 9.17) is 10.00 Å². The molecule has 31 heavy (non-hydrogen) atoms. The molecule has 0 bridgehead atoms. The fourth-order valence-electron chi connectivity index (χ4n) is 5.10. The van der Waals surface area contributed by atoms with Gasteiger partial charge in [0.15, 0.2) is 0 Å². The molecule has 1 amide bonds. The van der Waals surface area contributed by atoms with Crippen LogP contribution >= 0.6 is 0 Å². The smallest absolute Gasteiger partial charge is 0.226 e. The Morgan fingerprint density at radius 2 is 1.90 bits per heavy atom. The second kappa shape index (κ2) is 9.98. The second-order valence-corrected chi connectivity index (χ2v) is 8.64. The lowest BCUT2D eigenvalue weighted by molar-refractivity contribution is -0.137. The van der Waals surface area contributed by atoms with Gasteiger partial charge in [-0.25, -0.2) is 0 Å². The van der Waals surface area contributed by atoms with Crippen LogP contribution in [0.15, 0.2) is 48.5 Å². The molecule has 1 N–H and O–H groups in total. The summed E-state index contributed by atoms with van der Waals surface area (Å²) in [4.78, 5) is 15.5. The summed E-state index contributed by atoms with van der Waals surface area (Å²) in [6.45, 7) is 1.42. The maximum Gasteiger partial charge on any atom is 0.226 e. The highest BCUT2D eigenvalue weighted by molar-refractivity contribution is 5.80. The average Bonchev–Trinajstić information content (AvgIpc) is 3.27. The number of rotatable bonds is 6. The van der Waals surface area contributed by atoms with Crippen molar-refractivity contribution in [3.63, 3.8) is 0 Å². The van der Waals surface area contributed by atoms with Crippen molar-refractivity contribution in [2.24, 2.45) is 5.92 Å². The zero-order valence-corrected chi connectivity index (χ0v) is 18.2. The molecule has 2 aromatic rings. The van der Waals surface area contributed by atoms with Gasteiger partial charge in [-0.15, -0.1) is 0 Å². The Morgan fingerprint density at radius 1 is 1.13 bits per heavy atom. The third-order valence-corrected chi connectivity index (χ3v) is 6.75. The van der Waals surface area contributed by atoms with E-state index in [1.54, 1.807) is 13.2 Å². The largest absolute Gasteiger partial charge is 0.496 e. The Morgan fingerprint density at radius 3 is 2.61 bits per heavy atom. The van der Waals surface area contributed by atoms with Gasteiger partial charge in [0.2, 0.25) is 5.91 Å². The number of hydrogen-bond donors (Lipinski definition) is 1. The minimum atomic E-state index is 0.0417. The number of methoxy groups -OCH3 is 1. The highest BCUT2D eigenvalue weighted by atomic mass is 16.5. The van der Waals surface area contributed by atoms with Crippen molar-refractivity contribution >= 4 is 5.91 Å². The van der Waals surface area contributed by atoms with Crippen molar-refractivity contribution in [3.05, 3.63) is 65.2 Å². The van der Waals surface area contributed by atoms with Crippen LogP contribution in [-0.4, -0.2) is 30.5 Å². The molecular weight excluding hydrogens is 386 g/mol. The minimum absolute atomic E-state index is 0.0417. The first-order valence-electron chi connectivity index (χ1n) is 11.4. The Hall–Kier alpha value is -2.84. The van der Waals surface area contributed by atoms with Gasteiger partial charge in [0.1, 0.15) is 5.75 Å². The topological polar surface area (TPSA) is 65.4 Å². The van der Waals surface area contributed by atoms with Crippen LogP contribution in [0.2, 0.25) is 0 Å². The predicted octanol–water partition coefficient (Wildman–Crippen LogP) is 4.58. The van der Waals surface area contributed by atoms with Crippen molar-refractivity contribution in [2.45, 2.75) is 57.2 Å². The summed E-state index contributed by atoms with van der Waals surface area (Å²) < 4.78 is 5.50. The molecule has 4 rings (SSSR count). The Kier molecular flexibility index (Phi) is 6.89. The molecule has 2 aromatic carbocycles. The first-order chi connectivity index (χ1) is 15.2. The first kappa shape index (κ1) is 21.4. The summed E-state index contributed by atoms with van der Waals surface area (Å²) in [5.41, 5.74) is 2.80. The van der Waals surface area contributed by atoms with Crippen molar-refractivity contribution in [3.8, 4) is 11.8 Å². The molecular formula is C26H31N3O2. The van der Waals surface area contributed by atoms with E-state index in [0.717, 1.165) is 37.1 Å².